The Hall–Kier alpha value is -3.89. The lowest BCUT2D eigenvalue weighted by atomic mass is 10.0. The molecule has 1 saturated heterocycles. The fraction of sp³-hybridized carbons (Fsp3) is 0.370. The minimum Gasteiger partial charge on any atom is -0.450 e. The Balaban J connectivity index is 1.29. The van der Waals surface area contributed by atoms with Crippen LogP contribution >= 0.6 is 0 Å². The molecule has 10 heteroatoms. The Morgan fingerprint density at radius 1 is 1.22 bits per heavy atom. The average molecular weight is 500 g/mol. The summed E-state index contributed by atoms with van der Waals surface area (Å²) < 4.78 is 11.1. The number of aromatic nitrogens is 5. The van der Waals surface area contributed by atoms with Gasteiger partial charge in [-0.2, -0.15) is 0 Å². The Morgan fingerprint density at radius 3 is 2.78 bits per heavy atom. The minimum atomic E-state index is -0.568. The Labute approximate surface area is 214 Å². The molecule has 1 atom stereocenters. The average Bonchev–Trinajstić information content (AvgIpc) is 3.48. The van der Waals surface area contributed by atoms with Gasteiger partial charge >= 0.3 is 6.09 Å². The Morgan fingerprint density at radius 2 is 2.05 bits per heavy atom. The van der Waals surface area contributed by atoms with Crippen LogP contribution in [0.15, 0.2) is 48.9 Å². The molecular formula is C27H29N7O3. The zero-order chi connectivity index (χ0) is 25.4. The van der Waals surface area contributed by atoms with Gasteiger partial charge in [-0.25, -0.2) is 19.7 Å². The molecule has 1 aliphatic carbocycles. The van der Waals surface area contributed by atoms with Crippen LogP contribution in [0.1, 0.15) is 32.4 Å². The number of carbonyl (C=O) groups is 1. The maximum Gasteiger partial charge on any atom is 0.413 e. The van der Waals surface area contributed by atoms with E-state index in [-0.39, 0.29) is 18.3 Å². The van der Waals surface area contributed by atoms with Crippen molar-refractivity contribution in [1.82, 2.24) is 29.8 Å². The highest BCUT2D eigenvalue weighted by molar-refractivity contribution is 5.96. The molecule has 2 N–H and O–H groups in total. The van der Waals surface area contributed by atoms with Gasteiger partial charge in [0.2, 0.25) is 5.95 Å². The molecule has 4 heterocycles. The van der Waals surface area contributed by atoms with Crippen molar-refractivity contribution in [2.75, 3.05) is 25.0 Å². The van der Waals surface area contributed by atoms with Gasteiger partial charge in [-0.1, -0.05) is 6.07 Å². The van der Waals surface area contributed by atoms with Crippen molar-refractivity contribution in [3.05, 3.63) is 54.6 Å². The summed E-state index contributed by atoms with van der Waals surface area (Å²) in [5, 5.41) is 2.64. The molecule has 1 aliphatic heterocycles. The number of nitrogens with one attached hydrogen (secondary N) is 2. The summed E-state index contributed by atoms with van der Waals surface area (Å²) in [6.45, 7) is 6.87. The molecule has 0 bridgehead atoms. The highest BCUT2D eigenvalue weighted by atomic mass is 16.5. The summed E-state index contributed by atoms with van der Waals surface area (Å²) in [6.07, 6.45) is 7.28. The van der Waals surface area contributed by atoms with E-state index in [1.54, 1.807) is 25.4 Å². The number of nitrogens with zero attached hydrogens (tertiary/aromatic N) is 5. The fourth-order valence-electron chi connectivity index (χ4n) is 5.01. The van der Waals surface area contributed by atoms with Gasteiger partial charge in [0.1, 0.15) is 5.52 Å². The van der Waals surface area contributed by atoms with Crippen molar-refractivity contribution in [1.29, 1.82) is 0 Å². The molecule has 1 amide bonds. The molecule has 0 unspecified atom stereocenters. The molecule has 0 radical (unpaired) electrons. The largest absolute Gasteiger partial charge is 0.450 e. The lowest BCUT2D eigenvalue weighted by Crippen LogP contribution is -2.47. The second-order valence-corrected chi connectivity index (χ2v) is 9.74. The summed E-state index contributed by atoms with van der Waals surface area (Å²) in [6, 6.07) is 9.93. The van der Waals surface area contributed by atoms with Crippen LogP contribution in [-0.2, 0) is 16.0 Å². The van der Waals surface area contributed by atoms with Crippen LogP contribution in [0, 0.1) is 0 Å². The number of fused-ring (bicyclic) bond motifs is 1. The van der Waals surface area contributed by atoms with E-state index >= 15 is 0 Å². The van der Waals surface area contributed by atoms with Crippen LogP contribution in [0.4, 0.5) is 10.7 Å². The molecule has 2 aliphatic rings. The van der Waals surface area contributed by atoms with E-state index in [9.17, 15) is 4.79 Å². The summed E-state index contributed by atoms with van der Waals surface area (Å²) in [5.41, 5.74) is 5.16. The third-order valence-electron chi connectivity index (χ3n) is 6.72. The Kier molecular flexibility index (Phi) is 6.05. The molecule has 6 rings (SSSR count). The number of carbonyl (C=O) groups excluding carboxylic acids is 1. The number of hydrogen-bond acceptors (Lipinski definition) is 8. The van der Waals surface area contributed by atoms with Crippen LogP contribution in [0.2, 0.25) is 0 Å². The van der Waals surface area contributed by atoms with Crippen LogP contribution in [0.3, 0.4) is 0 Å². The van der Waals surface area contributed by atoms with Crippen LogP contribution in [0.5, 0.6) is 0 Å². The fourth-order valence-corrected chi connectivity index (χ4v) is 5.01. The standard InChI is InChI=1S/C27H29N7O3/c1-3-36-26(35)33-25-31-22-12-19(11-21(23(22)32-25)24-28-9-4-10-29-24)18-5-6-20(30-13-18)15-34-14-17(2)37-27(16-34)7-8-27/h4-6,9-13,17H,3,7-8,14-16H2,1-2H3,(H2,31,32,33,35)/t17-/m0/s1. The predicted molar refractivity (Wildman–Crippen MR) is 139 cm³/mol. The predicted octanol–water partition coefficient (Wildman–Crippen LogP) is 4.40. The lowest BCUT2D eigenvalue weighted by Gasteiger charge is -2.37. The minimum absolute atomic E-state index is 0.0774. The molecule has 3 aromatic heterocycles. The third kappa shape index (κ3) is 5.03. The molecule has 1 saturated carbocycles. The maximum atomic E-state index is 11.9. The number of aromatic amines is 1. The first-order valence-corrected chi connectivity index (χ1v) is 12.6. The van der Waals surface area contributed by atoms with Gasteiger partial charge in [0.25, 0.3) is 0 Å². The number of ether oxygens (including phenoxy) is 2. The quantitative estimate of drug-likeness (QED) is 0.401. The first-order valence-electron chi connectivity index (χ1n) is 12.6. The first kappa shape index (κ1) is 23.5. The van der Waals surface area contributed by atoms with E-state index in [1.807, 2.05) is 18.3 Å². The van der Waals surface area contributed by atoms with E-state index < -0.39 is 6.09 Å². The van der Waals surface area contributed by atoms with Gasteiger partial charge in [-0.3, -0.25) is 15.2 Å². The second-order valence-electron chi connectivity index (χ2n) is 9.74. The number of imidazole rings is 1. The smallest absolute Gasteiger partial charge is 0.413 e. The molecule has 4 aromatic rings. The van der Waals surface area contributed by atoms with E-state index in [4.69, 9.17) is 14.5 Å². The van der Waals surface area contributed by atoms with Crippen molar-refractivity contribution in [3.8, 4) is 22.5 Å². The van der Waals surface area contributed by atoms with Gasteiger partial charge < -0.3 is 14.5 Å². The third-order valence-corrected chi connectivity index (χ3v) is 6.72. The lowest BCUT2D eigenvalue weighted by molar-refractivity contribution is -0.0956. The topological polar surface area (TPSA) is 118 Å². The zero-order valence-electron chi connectivity index (χ0n) is 20.9. The van der Waals surface area contributed by atoms with E-state index in [1.165, 1.54) is 0 Å². The number of amides is 1. The number of anilines is 1. The summed E-state index contributed by atoms with van der Waals surface area (Å²) in [4.78, 5) is 35.7. The van der Waals surface area contributed by atoms with Crippen molar-refractivity contribution in [2.45, 2.75) is 44.9 Å². The molecular weight excluding hydrogens is 470 g/mol. The number of H-pyrrole nitrogens is 1. The summed E-state index contributed by atoms with van der Waals surface area (Å²) in [7, 11) is 0. The van der Waals surface area contributed by atoms with Crippen molar-refractivity contribution in [2.24, 2.45) is 0 Å². The molecule has 37 heavy (non-hydrogen) atoms. The van der Waals surface area contributed by atoms with Gasteiger partial charge in [0.05, 0.1) is 29.5 Å². The molecule has 190 valence electrons. The number of morpholine rings is 1. The molecule has 1 spiro atoms. The van der Waals surface area contributed by atoms with Crippen LogP contribution < -0.4 is 5.32 Å². The molecule has 10 nitrogen and oxygen atoms in total. The monoisotopic (exact) mass is 499 g/mol. The van der Waals surface area contributed by atoms with E-state index in [0.29, 0.717) is 17.3 Å². The first-order chi connectivity index (χ1) is 18.0. The number of rotatable bonds is 6. The Bertz CT molecular complexity index is 1420. The van der Waals surface area contributed by atoms with Gasteiger partial charge in [0.15, 0.2) is 5.82 Å². The SMILES string of the molecule is CCOC(=O)Nc1nc2c(-c3ncccn3)cc(-c3ccc(CN4C[C@H](C)OC5(CC5)C4)nc3)cc2[nH]1. The van der Waals surface area contributed by atoms with Gasteiger partial charge in [-0.05, 0) is 56.5 Å². The van der Waals surface area contributed by atoms with Crippen molar-refractivity contribution >= 4 is 23.1 Å². The highest BCUT2D eigenvalue weighted by Crippen LogP contribution is 2.43. The summed E-state index contributed by atoms with van der Waals surface area (Å²) >= 11 is 0. The highest BCUT2D eigenvalue weighted by Gasteiger charge is 2.49. The summed E-state index contributed by atoms with van der Waals surface area (Å²) in [5.74, 6) is 0.841. The van der Waals surface area contributed by atoms with Crippen molar-refractivity contribution < 1.29 is 14.3 Å². The molecule has 2 fully saturated rings. The van der Waals surface area contributed by atoms with Gasteiger partial charge in [-0.15, -0.1) is 0 Å². The number of hydrogen-bond donors (Lipinski definition) is 2. The van der Waals surface area contributed by atoms with Crippen LogP contribution in [0.25, 0.3) is 33.5 Å². The zero-order valence-corrected chi connectivity index (χ0v) is 20.9. The second kappa shape index (κ2) is 9.53. The van der Waals surface area contributed by atoms with Crippen LogP contribution in [-0.4, -0.2) is 67.3 Å². The van der Waals surface area contributed by atoms with Gasteiger partial charge in [0, 0.05) is 49.4 Å². The maximum absolute atomic E-state index is 11.9. The molecule has 1 aromatic carbocycles. The number of benzene rings is 1. The van der Waals surface area contributed by atoms with Crippen molar-refractivity contribution in [3.63, 3.8) is 0 Å². The van der Waals surface area contributed by atoms with E-state index in [0.717, 1.165) is 60.4 Å². The normalized spacial score (nSPS) is 18.7. The van der Waals surface area contributed by atoms with E-state index in [2.05, 4.69) is 49.2 Å². The number of pyridine rings is 1.